The Morgan fingerprint density at radius 2 is 1.56 bits per heavy atom. The summed E-state index contributed by atoms with van der Waals surface area (Å²) in [6, 6.07) is 10.5. The van der Waals surface area contributed by atoms with Crippen LogP contribution in [-0.2, 0) is 0 Å². The number of likely N-dealkylation sites (tertiary alicyclic amines) is 1. The molecular formula is C22H35N3. The van der Waals surface area contributed by atoms with E-state index in [9.17, 15) is 0 Å². The van der Waals surface area contributed by atoms with Gasteiger partial charge in [-0.25, -0.2) is 0 Å². The van der Waals surface area contributed by atoms with E-state index in [1.807, 2.05) is 0 Å². The summed E-state index contributed by atoms with van der Waals surface area (Å²) >= 11 is 0. The fraction of sp³-hybridized carbons (Fsp3) is 0.727. The minimum atomic E-state index is 0.482. The first kappa shape index (κ1) is 17.2. The van der Waals surface area contributed by atoms with E-state index in [0.29, 0.717) is 12.2 Å². The van der Waals surface area contributed by atoms with Gasteiger partial charge in [0.2, 0.25) is 0 Å². The monoisotopic (exact) mass is 341 g/mol. The van der Waals surface area contributed by atoms with Gasteiger partial charge in [0.15, 0.2) is 0 Å². The molecule has 0 amide bonds. The van der Waals surface area contributed by atoms with Crippen molar-refractivity contribution in [1.82, 2.24) is 4.90 Å². The van der Waals surface area contributed by atoms with Gasteiger partial charge < -0.3 is 15.1 Å². The van der Waals surface area contributed by atoms with Gasteiger partial charge in [0.25, 0.3) is 0 Å². The van der Waals surface area contributed by atoms with Crippen molar-refractivity contribution in [3.63, 3.8) is 0 Å². The van der Waals surface area contributed by atoms with Crippen LogP contribution < -0.4 is 10.2 Å². The van der Waals surface area contributed by atoms with E-state index in [1.165, 1.54) is 82.3 Å². The zero-order valence-electron chi connectivity index (χ0n) is 15.9. The number of hydrogen-bond donors (Lipinski definition) is 1. The molecule has 0 spiro atoms. The lowest BCUT2D eigenvalue weighted by molar-refractivity contribution is 0.127. The van der Waals surface area contributed by atoms with Crippen LogP contribution in [0.5, 0.6) is 0 Å². The molecule has 3 nitrogen and oxygen atoms in total. The highest BCUT2D eigenvalue weighted by molar-refractivity contribution is 5.76. The van der Waals surface area contributed by atoms with Gasteiger partial charge in [-0.2, -0.15) is 0 Å². The van der Waals surface area contributed by atoms with E-state index in [4.69, 9.17) is 0 Å². The smallest absolute Gasteiger partial charge is 0.0991 e. The van der Waals surface area contributed by atoms with Crippen molar-refractivity contribution in [2.75, 3.05) is 23.3 Å². The summed E-state index contributed by atoms with van der Waals surface area (Å²) in [5.74, 6) is 0. The molecule has 1 atom stereocenters. The number of nitrogens with zero attached hydrogens (tertiary/aromatic N) is 2. The molecule has 0 radical (unpaired) electrons. The fourth-order valence-corrected chi connectivity index (χ4v) is 5.32. The number of fused-ring (bicyclic) bond motifs is 1. The summed E-state index contributed by atoms with van der Waals surface area (Å²) in [4.78, 5) is 5.53. The van der Waals surface area contributed by atoms with E-state index in [-0.39, 0.29) is 0 Å². The topological polar surface area (TPSA) is 18.5 Å². The fourth-order valence-electron chi connectivity index (χ4n) is 5.32. The Kier molecular flexibility index (Phi) is 5.50. The number of benzene rings is 1. The van der Waals surface area contributed by atoms with Gasteiger partial charge in [-0.15, -0.1) is 0 Å². The summed E-state index contributed by atoms with van der Waals surface area (Å²) in [6.07, 6.45) is 14.5. The third kappa shape index (κ3) is 3.67. The van der Waals surface area contributed by atoms with Gasteiger partial charge in [0, 0.05) is 25.2 Å². The summed E-state index contributed by atoms with van der Waals surface area (Å²) < 4.78 is 0. The Morgan fingerprint density at radius 1 is 0.880 bits per heavy atom. The standard InChI is InChI=1S/C22H35N3/c1-2-22-23-20-12-8-9-13-21(20)25(22)19-14-16-24(17-15-19)18-10-6-4-3-5-7-11-18/h8-9,12-13,18-19,22-23H,2-7,10-11,14-17H2,1H3. The first-order valence-corrected chi connectivity index (χ1v) is 10.7. The van der Waals surface area contributed by atoms with Crippen LogP contribution in [0.3, 0.4) is 0 Å². The molecular weight excluding hydrogens is 306 g/mol. The molecule has 1 saturated heterocycles. The second kappa shape index (κ2) is 7.99. The highest BCUT2D eigenvalue weighted by Crippen LogP contribution is 2.39. The van der Waals surface area contributed by atoms with Crippen LogP contribution in [0.1, 0.15) is 71.1 Å². The lowest BCUT2D eigenvalue weighted by Gasteiger charge is -2.43. The molecule has 1 unspecified atom stereocenters. The van der Waals surface area contributed by atoms with Gasteiger partial charge in [-0.05, 0) is 44.2 Å². The summed E-state index contributed by atoms with van der Waals surface area (Å²) in [7, 11) is 0. The largest absolute Gasteiger partial charge is 0.364 e. The third-order valence-corrected chi connectivity index (χ3v) is 6.71. The lowest BCUT2D eigenvalue weighted by Crippen LogP contribution is -2.51. The van der Waals surface area contributed by atoms with Crippen molar-refractivity contribution in [2.45, 2.75) is 89.4 Å². The molecule has 25 heavy (non-hydrogen) atoms. The predicted molar refractivity (Wildman–Crippen MR) is 107 cm³/mol. The van der Waals surface area contributed by atoms with Crippen molar-refractivity contribution in [3.8, 4) is 0 Å². The van der Waals surface area contributed by atoms with Crippen molar-refractivity contribution in [2.24, 2.45) is 0 Å². The number of nitrogens with one attached hydrogen (secondary N) is 1. The molecule has 1 aromatic carbocycles. The normalized spacial score (nSPS) is 26.8. The molecule has 138 valence electrons. The first-order valence-electron chi connectivity index (χ1n) is 10.7. The van der Waals surface area contributed by atoms with Crippen LogP contribution in [-0.4, -0.2) is 36.2 Å². The minimum absolute atomic E-state index is 0.482. The molecule has 2 heterocycles. The average molecular weight is 342 g/mol. The van der Waals surface area contributed by atoms with Crippen molar-refractivity contribution >= 4 is 11.4 Å². The van der Waals surface area contributed by atoms with Gasteiger partial charge in [-0.1, -0.05) is 51.2 Å². The SMILES string of the molecule is CCC1Nc2ccccc2N1C1CCN(C2CCCCCCC2)CC1. The number of rotatable bonds is 3. The second-order valence-corrected chi connectivity index (χ2v) is 8.26. The summed E-state index contributed by atoms with van der Waals surface area (Å²) in [5, 5.41) is 3.73. The summed E-state index contributed by atoms with van der Waals surface area (Å²) in [5.41, 5.74) is 2.76. The molecule has 1 saturated carbocycles. The number of piperidine rings is 1. The minimum Gasteiger partial charge on any atom is -0.364 e. The van der Waals surface area contributed by atoms with Gasteiger partial charge in [0.1, 0.15) is 0 Å². The maximum atomic E-state index is 3.73. The predicted octanol–water partition coefficient (Wildman–Crippen LogP) is 5.23. The molecule has 3 aliphatic rings. The van der Waals surface area contributed by atoms with Gasteiger partial charge >= 0.3 is 0 Å². The molecule has 0 aromatic heterocycles. The molecule has 1 N–H and O–H groups in total. The maximum Gasteiger partial charge on any atom is 0.0991 e. The molecule has 2 fully saturated rings. The Balaban J connectivity index is 1.39. The highest BCUT2D eigenvalue weighted by Gasteiger charge is 2.35. The van der Waals surface area contributed by atoms with E-state index in [0.717, 1.165) is 12.5 Å². The second-order valence-electron chi connectivity index (χ2n) is 8.26. The zero-order chi connectivity index (χ0) is 17.1. The molecule has 0 bridgehead atoms. The van der Waals surface area contributed by atoms with Crippen LogP contribution in [0.15, 0.2) is 24.3 Å². The molecule has 4 rings (SSSR count). The Morgan fingerprint density at radius 3 is 2.28 bits per heavy atom. The van der Waals surface area contributed by atoms with Gasteiger partial charge in [-0.3, -0.25) is 0 Å². The van der Waals surface area contributed by atoms with E-state index in [1.54, 1.807) is 0 Å². The Hall–Kier alpha value is -1.22. The van der Waals surface area contributed by atoms with Crippen LogP contribution in [0.25, 0.3) is 0 Å². The van der Waals surface area contributed by atoms with E-state index < -0.39 is 0 Å². The van der Waals surface area contributed by atoms with Gasteiger partial charge in [0.05, 0.1) is 17.5 Å². The van der Waals surface area contributed by atoms with Crippen LogP contribution >= 0.6 is 0 Å². The Labute approximate surface area is 153 Å². The van der Waals surface area contributed by atoms with Crippen LogP contribution in [0.2, 0.25) is 0 Å². The lowest BCUT2D eigenvalue weighted by atomic mass is 9.93. The summed E-state index contributed by atoms with van der Waals surface area (Å²) in [6.45, 7) is 4.90. The van der Waals surface area contributed by atoms with Crippen LogP contribution in [0, 0.1) is 0 Å². The van der Waals surface area contributed by atoms with Crippen LogP contribution in [0.4, 0.5) is 11.4 Å². The number of anilines is 2. The van der Waals surface area contributed by atoms with E-state index in [2.05, 4.69) is 46.3 Å². The molecule has 3 heteroatoms. The molecule has 2 aliphatic heterocycles. The first-order chi connectivity index (χ1) is 12.4. The quantitative estimate of drug-likeness (QED) is 0.812. The van der Waals surface area contributed by atoms with E-state index >= 15 is 0 Å². The maximum absolute atomic E-state index is 3.73. The number of hydrogen-bond acceptors (Lipinski definition) is 3. The molecule has 1 aromatic rings. The molecule has 1 aliphatic carbocycles. The van der Waals surface area contributed by atoms with Crippen molar-refractivity contribution < 1.29 is 0 Å². The third-order valence-electron chi connectivity index (χ3n) is 6.71. The Bertz CT molecular complexity index is 542. The van der Waals surface area contributed by atoms with Crippen molar-refractivity contribution in [1.29, 1.82) is 0 Å². The average Bonchev–Trinajstić information content (AvgIpc) is 3.00. The zero-order valence-corrected chi connectivity index (χ0v) is 15.9. The highest BCUT2D eigenvalue weighted by atomic mass is 15.4. The van der Waals surface area contributed by atoms with Crippen molar-refractivity contribution in [3.05, 3.63) is 24.3 Å². The number of para-hydroxylation sites is 2.